The van der Waals surface area contributed by atoms with Gasteiger partial charge < -0.3 is 4.90 Å². The Labute approximate surface area is 138 Å². The molecule has 3 unspecified atom stereocenters. The molecule has 0 amide bonds. The lowest BCUT2D eigenvalue weighted by Gasteiger charge is -2.45. The van der Waals surface area contributed by atoms with Crippen molar-refractivity contribution < 1.29 is 0 Å². The van der Waals surface area contributed by atoms with Crippen molar-refractivity contribution in [1.29, 1.82) is 0 Å². The minimum absolute atomic E-state index is 0.599. The topological polar surface area (TPSA) is 3.24 Å². The molecule has 1 aromatic rings. The molecule has 4 rings (SSSR count). The van der Waals surface area contributed by atoms with E-state index in [9.17, 15) is 0 Å². The third-order valence-corrected chi connectivity index (χ3v) is 5.72. The summed E-state index contributed by atoms with van der Waals surface area (Å²) in [5.74, 6) is 1.91. The minimum atomic E-state index is 0.599. The molecule has 0 radical (unpaired) electrons. The number of rotatable bonds is 1. The zero-order chi connectivity index (χ0) is 15.1. The lowest BCUT2D eigenvalue weighted by atomic mass is 9.63. The number of piperidine rings is 1. The average molecular weight is 312 g/mol. The van der Waals surface area contributed by atoms with E-state index < -0.39 is 0 Å². The third kappa shape index (κ3) is 2.47. The maximum atomic E-state index is 6.10. The van der Waals surface area contributed by atoms with Crippen molar-refractivity contribution in [3.05, 3.63) is 70.3 Å². The first kappa shape index (κ1) is 14.3. The molecule has 2 heteroatoms. The van der Waals surface area contributed by atoms with Crippen molar-refractivity contribution in [2.45, 2.75) is 18.8 Å². The Kier molecular flexibility index (Phi) is 3.71. The normalized spacial score (nSPS) is 31.1. The summed E-state index contributed by atoms with van der Waals surface area (Å²) in [6.07, 6.45) is 11.8. The molecule has 1 saturated heterocycles. The van der Waals surface area contributed by atoms with Gasteiger partial charge in [-0.3, -0.25) is 0 Å². The van der Waals surface area contributed by atoms with Gasteiger partial charge in [0.25, 0.3) is 0 Å². The lowest BCUT2D eigenvalue weighted by Crippen LogP contribution is -2.39. The number of hydrogen-bond donors (Lipinski definition) is 0. The number of fused-ring (bicyclic) bond motifs is 2. The Balaban J connectivity index is 1.78. The number of nitrogens with zero attached hydrogens (tertiary/aromatic N) is 1. The van der Waals surface area contributed by atoms with E-state index in [0.717, 1.165) is 18.0 Å². The zero-order valence-corrected chi connectivity index (χ0v) is 13.8. The highest BCUT2D eigenvalue weighted by molar-refractivity contribution is 6.30. The van der Waals surface area contributed by atoms with Gasteiger partial charge in [0.05, 0.1) is 0 Å². The molecule has 0 spiro atoms. The van der Waals surface area contributed by atoms with Gasteiger partial charge in [-0.25, -0.2) is 0 Å². The van der Waals surface area contributed by atoms with Crippen LogP contribution >= 0.6 is 11.6 Å². The van der Waals surface area contributed by atoms with Crippen LogP contribution < -0.4 is 0 Å². The van der Waals surface area contributed by atoms with Gasteiger partial charge in [-0.2, -0.15) is 0 Å². The van der Waals surface area contributed by atoms with E-state index in [0.29, 0.717) is 17.8 Å². The Morgan fingerprint density at radius 2 is 1.95 bits per heavy atom. The van der Waals surface area contributed by atoms with Crippen molar-refractivity contribution in [2.75, 3.05) is 20.1 Å². The highest BCUT2D eigenvalue weighted by atomic mass is 35.5. The molecule has 1 heterocycles. The van der Waals surface area contributed by atoms with E-state index in [-0.39, 0.29) is 0 Å². The summed E-state index contributed by atoms with van der Waals surface area (Å²) in [4.78, 5) is 2.45. The first-order valence-corrected chi connectivity index (χ1v) is 8.61. The summed E-state index contributed by atoms with van der Waals surface area (Å²) < 4.78 is 0. The molecule has 3 atom stereocenters. The first-order chi connectivity index (χ1) is 10.7. The van der Waals surface area contributed by atoms with E-state index in [1.54, 1.807) is 5.57 Å². The number of halogens is 1. The highest BCUT2D eigenvalue weighted by Gasteiger charge is 2.39. The number of likely N-dealkylation sites (N-methyl/N-ethyl adjacent to an activating group) is 1. The van der Waals surface area contributed by atoms with E-state index in [1.165, 1.54) is 24.1 Å². The van der Waals surface area contributed by atoms with E-state index in [4.69, 9.17) is 11.6 Å². The van der Waals surface area contributed by atoms with Gasteiger partial charge in [0.15, 0.2) is 0 Å². The smallest absolute Gasteiger partial charge is 0.0406 e. The van der Waals surface area contributed by atoms with Crippen molar-refractivity contribution in [3.63, 3.8) is 0 Å². The van der Waals surface area contributed by atoms with E-state index >= 15 is 0 Å². The van der Waals surface area contributed by atoms with Crippen LogP contribution in [-0.2, 0) is 0 Å². The van der Waals surface area contributed by atoms with Gasteiger partial charge in [0.1, 0.15) is 0 Å². The molecule has 0 N–H and O–H groups in total. The maximum absolute atomic E-state index is 6.10. The molecule has 22 heavy (non-hydrogen) atoms. The van der Waals surface area contributed by atoms with Crippen LogP contribution in [0.3, 0.4) is 0 Å². The van der Waals surface area contributed by atoms with Crippen LogP contribution in [0, 0.1) is 11.8 Å². The second kappa shape index (κ2) is 5.72. The first-order valence-electron chi connectivity index (χ1n) is 8.23. The Hall–Kier alpha value is -1.31. The second-order valence-corrected chi connectivity index (χ2v) is 7.30. The van der Waals surface area contributed by atoms with Gasteiger partial charge >= 0.3 is 0 Å². The van der Waals surface area contributed by atoms with Crippen LogP contribution in [0.25, 0.3) is 0 Å². The molecule has 0 saturated carbocycles. The fourth-order valence-corrected chi connectivity index (χ4v) is 4.56. The summed E-state index contributed by atoms with van der Waals surface area (Å²) in [6, 6.07) is 8.58. The van der Waals surface area contributed by atoms with Crippen LogP contribution in [0.4, 0.5) is 0 Å². The zero-order valence-electron chi connectivity index (χ0n) is 13.0. The molecule has 114 valence electrons. The SMILES string of the molecule is CN1CCC2C(=CC3=CC=CCC3C2c2ccc(Cl)cc2)C1. The van der Waals surface area contributed by atoms with Crippen LogP contribution in [0.2, 0.25) is 5.02 Å². The fourth-order valence-electron chi connectivity index (χ4n) is 4.43. The Morgan fingerprint density at radius 1 is 1.14 bits per heavy atom. The van der Waals surface area contributed by atoms with Crippen LogP contribution in [0.15, 0.2) is 59.7 Å². The lowest BCUT2D eigenvalue weighted by molar-refractivity contribution is 0.229. The molecule has 1 nitrogen and oxygen atoms in total. The average Bonchev–Trinajstić information content (AvgIpc) is 2.53. The van der Waals surface area contributed by atoms with Gasteiger partial charge in [-0.1, -0.05) is 53.6 Å². The molecular formula is C20H22ClN. The van der Waals surface area contributed by atoms with Crippen LogP contribution in [-0.4, -0.2) is 25.0 Å². The maximum Gasteiger partial charge on any atom is 0.0406 e. The molecule has 1 aromatic carbocycles. The molecule has 1 aliphatic heterocycles. The van der Waals surface area contributed by atoms with Gasteiger partial charge in [-0.15, -0.1) is 0 Å². The quantitative estimate of drug-likeness (QED) is 0.719. The van der Waals surface area contributed by atoms with Gasteiger partial charge in [-0.05, 0) is 67.5 Å². The predicted molar refractivity (Wildman–Crippen MR) is 93.2 cm³/mol. The van der Waals surface area contributed by atoms with E-state index in [1.807, 2.05) is 12.1 Å². The molecule has 1 fully saturated rings. The summed E-state index contributed by atoms with van der Waals surface area (Å²) >= 11 is 6.10. The standard InChI is InChI=1S/C20H22ClN/c1-22-11-10-19-16(13-22)12-15-4-2-3-5-18(15)20(19)14-6-8-17(21)9-7-14/h2-4,6-9,12,18-20H,5,10-11,13H2,1H3. The van der Waals surface area contributed by atoms with Gasteiger partial charge in [0.2, 0.25) is 0 Å². The summed E-state index contributed by atoms with van der Waals surface area (Å²) in [6.45, 7) is 2.32. The van der Waals surface area contributed by atoms with E-state index in [2.05, 4.69) is 48.4 Å². The number of hydrogen-bond acceptors (Lipinski definition) is 1. The molecule has 3 aliphatic rings. The summed E-state index contributed by atoms with van der Waals surface area (Å²) in [5, 5.41) is 0.831. The fraction of sp³-hybridized carbons (Fsp3) is 0.400. The van der Waals surface area contributed by atoms with Crippen molar-refractivity contribution in [1.82, 2.24) is 4.90 Å². The second-order valence-electron chi connectivity index (χ2n) is 6.87. The summed E-state index contributed by atoms with van der Waals surface area (Å²) in [5.41, 5.74) is 4.59. The monoisotopic (exact) mass is 311 g/mol. The van der Waals surface area contributed by atoms with Crippen molar-refractivity contribution >= 4 is 11.6 Å². The minimum Gasteiger partial charge on any atom is -0.302 e. The molecule has 0 aromatic heterocycles. The Morgan fingerprint density at radius 3 is 2.77 bits per heavy atom. The molecule has 0 bridgehead atoms. The largest absolute Gasteiger partial charge is 0.302 e. The van der Waals surface area contributed by atoms with Crippen molar-refractivity contribution in [3.8, 4) is 0 Å². The summed E-state index contributed by atoms with van der Waals surface area (Å²) in [7, 11) is 2.23. The molecule has 2 aliphatic carbocycles. The highest BCUT2D eigenvalue weighted by Crippen LogP contribution is 2.49. The number of benzene rings is 1. The number of allylic oxidation sites excluding steroid dienone is 5. The predicted octanol–water partition coefficient (Wildman–Crippen LogP) is 4.82. The molecular weight excluding hydrogens is 290 g/mol. The van der Waals surface area contributed by atoms with Crippen LogP contribution in [0.5, 0.6) is 0 Å². The number of likely N-dealkylation sites (tertiary alicyclic amines) is 1. The Bertz CT molecular complexity index is 653. The van der Waals surface area contributed by atoms with Gasteiger partial charge in [0, 0.05) is 11.6 Å². The van der Waals surface area contributed by atoms with Crippen LogP contribution in [0.1, 0.15) is 24.3 Å². The third-order valence-electron chi connectivity index (χ3n) is 5.47. The van der Waals surface area contributed by atoms with Crippen molar-refractivity contribution in [2.24, 2.45) is 11.8 Å².